The molecule has 0 fully saturated rings. The minimum absolute atomic E-state index is 0.547. The summed E-state index contributed by atoms with van der Waals surface area (Å²) in [5.41, 5.74) is -0.547. The lowest BCUT2D eigenvalue weighted by molar-refractivity contribution is 0.0803. The van der Waals surface area contributed by atoms with Crippen molar-refractivity contribution in [1.29, 1.82) is 0 Å². The van der Waals surface area contributed by atoms with E-state index in [4.69, 9.17) is 0 Å². The lowest BCUT2D eigenvalue weighted by atomic mass is 9.89. The molecule has 0 aliphatic heterocycles. The highest BCUT2D eigenvalue weighted by atomic mass is 16.3. The third-order valence-electron chi connectivity index (χ3n) is 4.09. The van der Waals surface area contributed by atoms with Crippen molar-refractivity contribution < 1.29 is 5.11 Å². The lowest BCUT2D eigenvalue weighted by Crippen LogP contribution is -2.25. The summed E-state index contributed by atoms with van der Waals surface area (Å²) < 4.78 is 0. The van der Waals surface area contributed by atoms with Crippen molar-refractivity contribution in [2.75, 3.05) is 0 Å². The van der Waals surface area contributed by atoms with Gasteiger partial charge in [-0.1, -0.05) is 95.4 Å². The van der Waals surface area contributed by atoms with Crippen molar-refractivity contribution in [2.24, 2.45) is 0 Å². The third kappa shape index (κ3) is 8.26. The largest absolute Gasteiger partial charge is 0.385 e. The van der Waals surface area contributed by atoms with Gasteiger partial charge in [0.05, 0.1) is 5.60 Å². The average Bonchev–Trinajstić information content (AvgIpc) is 2.42. The summed E-state index contributed by atoms with van der Waals surface area (Å²) in [4.78, 5) is 0. The molecule has 0 aromatic carbocycles. The van der Waals surface area contributed by atoms with Crippen molar-refractivity contribution in [1.82, 2.24) is 0 Å². The molecule has 1 atom stereocenters. The van der Waals surface area contributed by atoms with Gasteiger partial charge in [0.1, 0.15) is 0 Å². The Morgan fingerprint density at radius 2 is 1.42 bits per heavy atom. The molecule has 1 heteroatoms. The summed E-state index contributed by atoms with van der Waals surface area (Å²) in [6.45, 7) is 2.27. The molecule has 0 saturated carbocycles. The van der Waals surface area contributed by atoms with Gasteiger partial charge in [0.2, 0.25) is 0 Å². The Kier molecular flexibility index (Phi) is 8.90. The van der Waals surface area contributed by atoms with E-state index in [-0.39, 0.29) is 0 Å². The zero-order valence-corrected chi connectivity index (χ0v) is 12.7. The fourth-order valence-electron chi connectivity index (χ4n) is 2.76. The van der Waals surface area contributed by atoms with Crippen molar-refractivity contribution in [3.05, 3.63) is 24.3 Å². The molecule has 1 unspecified atom stereocenters. The quantitative estimate of drug-likeness (QED) is 0.485. The Labute approximate surface area is 119 Å². The van der Waals surface area contributed by atoms with E-state index in [0.29, 0.717) is 0 Å². The first-order valence-electron chi connectivity index (χ1n) is 8.33. The molecule has 0 spiro atoms. The molecule has 0 amide bonds. The number of unbranched alkanes of at least 4 members (excludes halogenated alkanes) is 9. The van der Waals surface area contributed by atoms with Gasteiger partial charge in [-0.25, -0.2) is 0 Å². The maximum absolute atomic E-state index is 10.3. The maximum Gasteiger partial charge on any atom is 0.0865 e. The van der Waals surface area contributed by atoms with Crippen molar-refractivity contribution in [3.8, 4) is 0 Å². The smallest absolute Gasteiger partial charge is 0.0865 e. The molecule has 0 bridgehead atoms. The molecule has 1 aliphatic carbocycles. The van der Waals surface area contributed by atoms with Gasteiger partial charge in [-0.2, -0.15) is 0 Å². The van der Waals surface area contributed by atoms with Crippen LogP contribution in [0.1, 0.15) is 84.0 Å². The third-order valence-corrected chi connectivity index (χ3v) is 4.09. The van der Waals surface area contributed by atoms with Gasteiger partial charge in [-0.05, 0) is 12.8 Å². The number of rotatable bonds is 11. The van der Waals surface area contributed by atoms with Crippen LogP contribution in [0.3, 0.4) is 0 Å². The number of hydrogen-bond acceptors (Lipinski definition) is 1. The van der Waals surface area contributed by atoms with Crippen LogP contribution in [0.5, 0.6) is 0 Å². The summed E-state index contributed by atoms with van der Waals surface area (Å²) in [5.74, 6) is 0. The van der Waals surface area contributed by atoms with E-state index in [1.165, 1.54) is 57.8 Å². The molecule has 0 heterocycles. The summed E-state index contributed by atoms with van der Waals surface area (Å²) in [7, 11) is 0. The van der Waals surface area contributed by atoms with Crippen LogP contribution in [0.2, 0.25) is 0 Å². The number of hydrogen-bond donors (Lipinski definition) is 1. The summed E-state index contributed by atoms with van der Waals surface area (Å²) in [6, 6.07) is 0. The molecule has 1 aliphatic rings. The van der Waals surface area contributed by atoms with E-state index in [9.17, 15) is 5.11 Å². The molecule has 1 N–H and O–H groups in total. The standard InChI is InChI=1S/C18H32O/c1-2-3-4-5-6-7-8-9-10-12-15-18(19)16-13-11-14-17-18/h11,13-14,16,19H,2-10,12,15,17H2,1H3. The molecule has 1 nitrogen and oxygen atoms in total. The zero-order chi connectivity index (χ0) is 13.8. The second-order valence-corrected chi connectivity index (χ2v) is 6.03. The van der Waals surface area contributed by atoms with Crippen LogP contribution in [0.15, 0.2) is 24.3 Å². The van der Waals surface area contributed by atoms with Gasteiger partial charge >= 0.3 is 0 Å². The van der Waals surface area contributed by atoms with E-state index in [0.717, 1.165) is 19.3 Å². The summed E-state index contributed by atoms with van der Waals surface area (Å²) in [5, 5.41) is 10.3. The summed E-state index contributed by atoms with van der Waals surface area (Å²) in [6.07, 6.45) is 23.3. The Morgan fingerprint density at radius 1 is 0.842 bits per heavy atom. The number of aliphatic hydroxyl groups is 1. The fraction of sp³-hybridized carbons (Fsp3) is 0.778. The van der Waals surface area contributed by atoms with Crippen LogP contribution in [0.4, 0.5) is 0 Å². The zero-order valence-electron chi connectivity index (χ0n) is 12.7. The molecule has 110 valence electrons. The molecule has 0 saturated heterocycles. The Bertz CT molecular complexity index is 267. The molecule has 0 aromatic heterocycles. The van der Waals surface area contributed by atoms with Crippen LogP contribution < -0.4 is 0 Å². The number of allylic oxidation sites excluding steroid dienone is 2. The van der Waals surface area contributed by atoms with Crippen LogP contribution in [0.25, 0.3) is 0 Å². The van der Waals surface area contributed by atoms with E-state index in [1.807, 2.05) is 18.2 Å². The van der Waals surface area contributed by atoms with Crippen molar-refractivity contribution >= 4 is 0 Å². The van der Waals surface area contributed by atoms with Gasteiger partial charge < -0.3 is 5.11 Å². The molecule has 1 rings (SSSR count). The van der Waals surface area contributed by atoms with Crippen LogP contribution in [0, 0.1) is 0 Å². The summed E-state index contributed by atoms with van der Waals surface area (Å²) >= 11 is 0. The van der Waals surface area contributed by atoms with Gasteiger partial charge in [0.15, 0.2) is 0 Å². The van der Waals surface area contributed by atoms with Crippen molar-refractivity contribution in [3.63, 3.8) is 0 Å². The van der Waals surface area contributed by atoms with Crippen LogP contribution in [-0.2, 0) is 0 Å². The highest BCUT2D eigenvalue weighted by molar-refractivity contribution is 5.17. The first-order valence-corrected chi connectivity index (χ1v) is 8.33. The van der Waals surface area contributed by atoms with E-state index < -0.39 is 5.60 Å². The Morgan fingerprint density at radius 3 is 1.95 bits per heavy atom. The highest BCUT2D eigenvalue weighted by Gasteiger charge is 2.22. The molecule has 19 heavy (non-hydrogen) atoms. The lowest BCUT2D eigenvalue weighted by Gasteiger charge is -2.24. The molecular formula is C18H32O. The maximum atomic E-state index is 10.3. The average molecular weight is 264 g/mol. The normalized spacial score (nSPS) is 22.0. The molecule has 0 aromatic rings. The van der Waals surface area contributed by atoms with Crippen LogP contribution >= 0.6 is 0 Å². The minimum Gasteiger partial charge on any atom is -0.385 e. The Hall–Kier alpha value is -0.560. The fourth-order valence-corrected chi connectivity index (χ4v) is 2.76. The van der Waals surface area contributed by atoms with E-state index in [1.54, 1.807) is 0 Å². The highest BCUT2D eigenvalue weighted by Crippen LogP contribution is 2.24. The molecule has 0 radical (unpaired) electrons. The van der Waals surface area contributed by atoms with Crippen LogP contribution in [-0.4, -0.2) is 10.7 Å². The predicted molar refractivity (Wildman–Crippen MR) is 84.3 cm³/mol. The monoisotopic (exact) mass is 264 g/mol. The second-order valence-electron chi connectivity index (χ2n) is 6.03. The molecular weight excluding hydrogens is 232 g/mol. The second kappa shape index (κ2) is 10.3. The predicted octanol–water partition coefficient (Wildman–Crippen LogP) is 5.54. The van der Waals surface area contributed by atoms with Crippen molar-refractivity contribution in [2.45, 2.75) is 89.6 Å². The SMILES string of the molecule is CCCCCCCCCCCCC1(O)C=CC=CC1. The minimum atomic E-state index is -0.547. The van der Waals surface area contributed by atoms with Gasteiger partial charge in [0.25, 0.3) is 0 Å². The Balaban J connectivity index is 1.86. The van der Waals surface area contributed by atoms with E-state index in [2.05, 4.69) is 13.0 Å². The van der Waals surface area contributed by atoms with E-state index >= 15 is 0 Å². The first-order chi connectivity index (χ1) is 9.27. The topological polar surface area (TPSA) is 20.2 Å². The van der Waals surface area contributed by atoms with Gasteiger partial charge in [-0.15, -0.1) is 0 Å². The van der Waals surface area contributed by atoms with Gasteiger partial charge in [0, 0.05) is 0 Å². The van der Waals surface area contributed by atoms with Gasteiger partial charge in [-0.3, -0.25) is 0 Å². The first kappa shape index (κ1) is 16.5.